The van der Waals surface area contributed by atoms with Crippen LogP contribution in [0.5, 0.6) is 0 Å². The summed E-state index contributed by atoms with van der Waals surface area (Å²) in [5.74, 6) is -3.09. The van der Waals surface area contributed by atoms with Gasteiger partial charge in [-0.05, 0) is 12.8 Å². The maximum absolute atomic E-state index is 11.9. The summed E-state index contributed by atoms with van der Waals surface area (Å²) < 4.78 is 0. The van der Waals surface area contributed by atoms with Gasteiger partial charge in [0.15, 0.2) is 5.12 Å². The molecule has 5 nitrogen and oxygen atoms in total. The van der Waals surface area contributed by atoms with Gasteiger partial charge in [0, 0.05) is 5.41 Å². The fourth-order valence-corrected chi connectivity index (χ4v) is 3.66. The zero-order valence-corrected chi connectivity index (χ0v) is 10.7. The van der Waals surface area contributed by atoms with Crippen molar-refractivity contribution in [1.82, 2.24) is 5.32 Å². The van der Waals surface area contributed by atoms with E-state index in [-0.39, 0.29) is 0 Å². The summed E-state index contributed by atoms with van der Waals surface area (Å²) in [6.45, 7) is 0. The van der Waals surface area contributed by atoms with E-state index in [0.717, 1.165) is 19.3 Å². The Kier molecular flexibility index (Phi) is 3.44. The summed E-state index contributed by atoms with van der Waals surface area (Å²) >= 11 is 3.77. The Morgan fingerprint density at radius 1 is 1.28 bits per heavy atom. The van der Waals surface area contributed by atoms with Gasteiger partial charge >= 0.3 is 0 Å². The maximum atomic E-state index is 11.9. The van der Waals surface area contributed by atoms with Crippen LogP contribution in [0.2, 0.25) is 0 Å². The van der Waals surface area contributed by atoms with Crippen molar-refractivity contribution >= 4 is 29.6 Å². The average Bonchev–Trinajstić information content (AvgIpc) is 2.29. The highest BCUT2D eigenvalue weighted by atomic mass is 32.1. The van der Waals surface area contributed by atoms with Crippen LogP contribution in [0.4, 0.5) is 0 Å². The SMILES string of the molecule is N#C[C@@H]1C(=O)NC(=O)[C@@H](C(=O)S)C12CCCCC2. The number of hydrogen-bond acceptors (Lipinski definition) is 4. The number of carbonyl (C=O) groups is 3. The summed E-state index contributed by atoms with van der Waals surface area (Å²) in [6, 6.07) is 1.97. The minimum absolute atomic E-state index is 0.554. The van der Waals surface area contributed by atoms with Crippen LogP contribution >= 0.6 is 12.6 Å². The molecule has 18 heavy (non-hydrogen) atoms. The molecule has 2 rings (SSSR count). The molecule has 2 aliphatic rings. The zero-order valence-electron chi connectivity index (χ0n) is 9.81. The fraction of sp³-hybridized carbons (Fsp3) is 0.667. The molecule has 0 radical (unpaired) electrons. The first-order chi connectivity index (χ1) is 8.53. The Labute approximate surface area is 110 Å². The molecule has 0 aromatic heterocycles. The quantitative estimate of drug-likeness (QED) is 0.417. The number of nitrogens with zero attached hydrogens (tertiary/aromatic N) is 1. The molecular weight excluding hydrogens is 252 g/mol. The van der Waals surface area contributed by atoms with Crippen molar-refractivity contribution in [2.24, 2.45) is 17.3 Å². The number of piperidine rings is 1. The van der Waals surface area contributed by atoms with Gasteiger partial charge in [0.05, 0.1) is 6.07 Å². The monoisotopic (exact) mass is 266 g/mol. The lowest BCUT2D eigenvalue weighted by Crippen LogP contribution is -2.60. The second kappa shape index (κ2) is 4.73. The predicted molar refractivity (Wildman–Crippen MR) is 65.3 cm³/mol. The van der Waals surface area contributed by atoms with Crippen molar-refractivity contribution in [2.75, 3.05) is 0 Å². The van der Waals surface area contributed by atoms with Crippen molar-refractivity contribution in [3.05, 3.63) is 0 Å². The Bertz CT molecular complexity index is 449. The summed E-state index contributed by atoms with van der Waals surface area (Å²) in [5.41, 5.74) is -0.842. The average molecular weight is 266 g/mol. The third-order valence-corrected chi connectivity index (χ3v) is 4.34. The third kappa shape index (κ3) is 1.83. The van der Waals surface area contributed by atoms with E-state index >= 15 is 0 Å². The van der Waals surface area contributed by atoms with Gasteiger partial charge in [-0.1, -0.05) is 19.3 Å². The lowest BCUT2D eigenvalue weighted by molar-refractivity contribution is -0.152. The van der Waals surface area contributed by atoms with E-state index in [9.17, 15) is 19.6 Å². The molecule has 2 amide bonds. The van der Waals surface area contributed by atoms with E-state index in [2.05, 4.69) is 17.9 Å². The van der Waals surface area contributed by atoms with Crippen LogP contribution in [0.15, 0.2) is 0 Å². The van der Waals surface area contributed by atoms with Crippen LogP contribution in [0.25, 0.3) is 0 Å². The number of carbonyl (C=O) groups excluding carboxylic acids is 3. The minimum Gasteiger partial charge on any atom is -0.295 e. The Morgan fingerprint density at radius 2 is 1.89 bits per heavy atom. The molecule has 1 N–H and O–H groups in total. The summed E-state index contributed by atoms with van der Waals surface area (Å²) in [4.78, 5) is 35.3. The number of imide groups is 1. The third-order valence-electron chi connectivity index (χ3n) is 4.08. The van der Waals surface area contributed by atoms with Gasteiger partial charge in [-0.15, -0.1) is 12.6 Å². The van der Waals surface area contributed by atoms with Gasteiger partial charge in [-0.25, -0.2) is 0 Å². The standard InChI is InChI=1S/C12H14N2O3S/c13-6-7-9(15)14-10(16)8(11(17)18)12(7)4-2-1-3-5-12/h7-8H,1-5H2,(H,17,18)(H,14,15,16)/t7-,8+/m1/s1. The molecule has 1 aliphatic carbocycles. The maximum Gasteiger partial charge on any atom is 0.244 e. The number of nitriles is 1. The molecule has 1 saturated heterocycles. The molecule has 0 bridgehead atoms. The minimum atomic E-state index is -0.983. The lowest BCUT2D eigenvalue weighted by Gasteiger charge is -2.46. The van der Waals surface area contributed by atoms with Crippen LogP contribution in [0, 0.1) is 28.6 Å². The van der Waals surface area contributed by atoms with Gasteiger partial charge in [0.25, 0.3) is 0 Å². The Morgan fingerprint density at radius 3 is 2.39 bits per heavy atom. The number of thiol groups is 1. The van der Waals surface area contributed by atoms with Gasteiger partial charge in [0.1, 0.15) is 11.8 Å². The second-order valence-electron chi connectivity index (χ2n) is 4.98. The highest BCUT2D eigenvalue weighted by Gasteiger charge is 2.57. The lowest BCUT2D eigenvalue weighted by atomic mass is 9.57. The molecule has 1 heterocycles. The molecule has 6 heteroatoms. The highest BCUT2D eigenvalue weighted by Crippen LogP contribution is 2.50. The Balaban J connectivity index is 2.49. The highest BCUT2D eigenvalue weighted by molar-refractivity contribution is 7.96. The van der Waals surface area contributed by atoms with Gasteiger partial charge in [-0.3, -0.25) is 19.7 Å². The smallest absolute Gasteiger partial charge is 0.244 e. The predicted octanol–water partition coefficient (Wildman–Crippen LogP) is 0.806. The van der Waals surface area contributed by atoms with Crippen molar-refractivity contribution < 1.29 is 14.4 Å². The molecule has 1 aliphatic heterocycles. The van der Waals surface area contributed by atoms with Crippen molar-refractivity contribution in [3.63, 3.8) is 0 Å². The molecule has 2 fully saturated rings. The zero-order chi connectivity index (χ0) is 13.3. The molecule has 96 valence electrons. The number of rotatable bonds is 1. The van der Waals surface area contributed by atoms with Gasteiger partial charge < -0.3 is 0 Å². The largest absolute Gasteiger partial charge is 0.295 e. The van der Waals surface area contributed by atoms with E-state index in [1.54, 1.807) is 0 Å². The molecule has 2 atom stereocenters. The first-order valence-electron chi connectivity index (χ1n) is 6.00. The fourth-order valence-electron chi connectivity index (χ4n) is 3.29. The Hall–Kier alpha value is -1.35. The van der Waals surface area contributed by atoms with Gasteiger partial charge in [0.2, 0.25) is 11.8 Å². The van der Waals surface area contributed by atoms with E-state index in [1.165, 1.54) is 0 Å². The number of nitrogens with one attached hydrogen (secondary N) is 1. The van der Waals surface area contributed by atoms with E-state index in [4.69, 9.17) is 0 Å². The van der Waals surface area contributed by atoms with E-state index < -0.39 is 34.2 Å². The molecule has 0 aromatic carbocycles. The van der Waals surface area contributed by atoms with Gasteiger partial charge in [-0.2, -0.15) is 5.26 Å². The molecular formula is C12H14N2O3S. The molecule has 1 spiro atoms. The first-order valence-corrected chi connectivity index (χ1v) is 6.45. The summed E-state index contributed by atoms with van der Waals surface area (Å²) in [7, 11) is 0. The van der Waals surface area contributed by atoms with Crippen molar-refractivity contribution in [1.29, 1.82) is 5.26 Å². The molecule has 0 aromatic rings. The number of amides is 2. The van der Waals surface area contributed by atoms with E-state index in [1.807, 2.05) is 6.07 Å². The first kappa shape index (κ1) is 13.1. The second-order valence-corrected chi connectivity index (χ2v) is 5.42. The van der Waals surface area contributed by atoms with Crippen LogP contribution in [-0.4, -0.2) is 16.9 Å². The summed E-state index contributed by atoms with van der Waals surface area (Å²) in [5, 5.41) is 10.8. The topological polar surface area (TPSA) is 87.0 Å². The molecule has 1 saturated carbocycles. The van der Waals surface area contributed by atoms with Crippen LogP contribution in [0.3, 0.4) is 0 Å². The van der Waals surface area contributed by atoms with E-state index in [0.29, 0.717) is 12.8 Å². The van der Waals surface area contributed by atoms with Crippen LogP contribution in [0.1, 0.15) is 32.1 Å². The molecule has 0 unspecified atom stereocenters. The van der Waals surface area contributed by atoms with Crippen LogP contribution < -0.4 is 5.32 Å². The normalized spacial score (nSPS) is 30.7. The summed E-state index contributed by atoms with van der Waals surface area (Å²) in [6.07, 6.45) is 3.78. The van der Waals surface area contributed by atoms with Crippen LogP contribution in [-0.2, 0) is 14.4 Å². The van der Waals surface area contributed by atoms with Crippen molar-refractivity contribution in [2.45, 2.75) is 32.1 Å². The van der Waals surface area contributed by atoms with Crippen molar-refractivity contribution in [3.8, 4) is 6.07 Å². The number of hydrogen-bond donors (Lipinski definition) is 2.